The maximum atomic E-state index is 12.4. The van der Waals surface area contributed by atoms with Crippen LogP contribution in [-0.2, 0) is 19.2 Å². The van der Waals surface area contributed by atoms with Crippen LogP contribution in [0.15, 0.2) is 49.4 Å². The molecule has 1 aliphatic rings. The Balaban J connectivity index is 0.00000393. The lowest BCUT2D eigenvalue weighted by Crippen LogP contribution is -2.48. The third-order valence-electron chi connectivity index (χ3n) is 6.77. The number of rotatable bonds is 23. The van der Waals surface area contributed by atoms with Crippen LogP contribution in [0.2, 0.25) is 0 Å². The first kappa shape index (κ1) is 38.9. The summed E-state index contributed by atoms with van der Waals surface area (Å²) in [4.78, 5) is 55.1. The molecule has 0 spiro atoms. The highest BCUT2D eigenvalue weighted by Gasteiger charge is 2.21. The molecule has 10 nitrogen and oxygen atoms in total. The predicted molar refractivity (Wildman–Crippen MR) is 172 cm³/mol. The molecule has 1 atom stereocenters. The zero-order chi connectivity index (χ0) is 31.9. The lowest BCUT2D eigenvalue weighted by Gasteiger charge is -2.34. The highest BCUT2D eigenvalue weighted by Crippen LogP contribution is 2.11. The number of Topliss-reactive ketones (excluding diaryl/α,β-unsaturated/α-hetero) is 1. The lowest BCUT2D eigenvalue weighted by atomic mass is 10.2. The topological polar surface area (TPSA) is 105 Å². The molecule has 10 heteroatoms. The lowest BCUT2D eigenvalue weighted by molar-refractivity contribution is -0.124. The second-order valence-electron chi connectivity index (χ2n) is 10.4. The van der Waals surface area contributed by atoms with Gasteiger partial charge in [-0.15, -0.1) is 6.58 Å². The predicted octanol–water partition coefficient (Wildman–Crippen LogP) is 2.60. The molecule has 1 rings (SSSR count). The Morgan fingerprint density at radius 3 is 2.10 bits per heavy atom. The summed E-state index contributed by atoms with van der Waals surface area (Å²) < 4.78 is 0. The Kier molecular flexibility index (Phi) is 21.8. The van der Waals surface area contributed by atoms with Gasteiger partial charge in [-0.1, -0.05) is 40.0 Å². The molecule has 0 aliphatic carbocycles. The summed E-state index contributed by atoms with van der Waals surface area (Å²) in [5.41, 5.74) is 1.34. The third kappa shape index (κ3) is 17.0. The number of nitrogens with zero attached hydrogens (tertiary/aromatic N) is 4. The number of amides is 2. The number of carbonyl (C=O) groups is 4. The van der Waals surface area contributed by atoms with E-state index in [1.807, 2.05) is 13.0 Å². The van der Waals surface area contributed by atoms with Gasteiger partial charge in [0.15, 0.2) is 0 Å². The van der Waals surface area contributed by atoms with E-state index in [-0.39, 0.29) is 30.2 Å². The zero-order valence-corrected chi connectivity index (χ0v) is 26.8. The fourth-order valence-corrected chi connectivity index (χ4v) is 4.33. The van der Waals surface area contributed by atoms with Crippen LogP contribution < -0.4 is 10.6 Å². The Morgan fingerprint density at radius 2 is 1.60 bits per heavy atom. The van der Waals surface area contributed by atoms with Crippen molar-refractivity contribution in [1.82, 2.24) is 30.2 Å². The van der Waals surface area contributed by atoms with Gasteiger partial charge in [-0.2, -0.15) is 0 Å². The molecule has 0 radical (unpaired) electrons. The van der Waals surface area contributed by atoms with Crippen LogP contribution in [0, 0.1) is 0 Å². The smallest absolute Gasteiger partial charge is 0.251 e. The summed E-state index contributed by atoms with van der Waals surface area (Å²) in [7, 11) is 0. The molecule has 1 aliphatic heterocycles. The molecule has 2 N–H and O–H groups in total. The number of nitrogens with one attached hydrogen (secondary N) is 2. The number of hydrogen-bond donors (Lipinski definition) is 2. The van der Waals surface area contributed by atoms with Crippen molar-refractivity contribution in [2.75, 3.05) is 72.0 Å². The van der Waals surface area contributed by atoms with E-state index in [1.54, 1.807) is 13.0 Å². The van der Waals surface area contributed by atoms with Crippen molar-refractivity contribution in [2.24, 2.45) is 0 Å². The number of carbonyl (C=O) groups excluding carboxylic acids is 4. The summed E-state index contributed by atoms with van der Waals surface area (Å²) in [6.07, 6.45) is 8.94. The average molecular weight is 589 g/mol. The van der Waals surface area contributed by atoms with Gasteiger partial charge in [0.25, 0.3) is 5.91 Å². The van der Waals surface area contributed by atoms with Crippen molar-refractivity contribution in [3.05, 3.63) is 49.4 Å². The number of ketones is 1. The first-order valence-corrected chi connectivity index (χ1v) is 15.1. The molecule has 42 heavy (non-hydrogen) atoms. The molecule has 1 heterocycles. The van der Waals surface area contributed by atoms with E-state index in [0.717, 1.165) is 70.5 Å². The van der Waals surface area contributed by atoms with Crippen molar-refractivity contribution in [3.63, 3.8) is 0 Å². The minimum Gasteiger partial charge on any atom is -0.379 e. The second kappa shape index (κ2) is 23.5. The summed E-state index contributed by atoms with van der Waals surface area (Å²) >= 11 is 0. The van der Waals surface area contributed by atoms with Crippen LogP contribution in [0.25, 0.3) is 0 Å². The highest BCUT2D eigenvalue weighted by atomic mass is 16.2. The minimum absolute atomic E-state index is 0.0695. The van der Waals surface area contributed by atoms with E-state index in [4.69, 9.17) is 0 Å². The van der Waals surface area contributed by atoms with Gasteiger partial charge in [0.1, 0.15) is 12.1 Å². The highest BCUT2D eigenvalue weighted by molar-refractivity contribution is 5.93. The van der Waals surface area contributed by atoms with Crippen molar-refractivity contribution in [3.8, 4) is 0 Å². The fourth-order valence-electron chi connectivity index (χ4n) is 4.33. The van der Waals surface area contributed by atoms with E-state index in [9.17, 15) is 19.2 Å². The number of hydrogen-bond acceptors (Lipinski definition) is 8. The van der Waals surface area contributed by atoms with Gasteiger partial charge in [-0.25, -0.2) is 0 Å². The van der Waals surface area contributed by atoms with E-state index >= 15 is 0 Å². The van der Waals surface area contributed by atoms with Crippen molar-refractivity contribution >= 4 is 23.9 Å². The SMILES string of the molecule is C=C(NCC(=O)NCCN1C(=C)C=CC1=O)C(C)N(CCN(CC=O)CCC)CCN(CCC)CC(C)=O.C=CCC. The van der Waals surface area contributed by atoms with Crippen LogP contribution in [0.5, 0.6) is 0 Å². The zero-order valence-electron chi connectivity index (χ0n) is 26.8. The monoisotopic (exact) mass is 588 g/mol. The molecule has 1 unspecified atom stereocenters. The van der Waals surface area contributed by atoms with Gasteiger partial charge < -0.3 is 20.3 Å². The molecule has 0 aromatic heterocycles. The van der Waals surface area contributed by atoms with Crippen LogP contribution in [0.4, 0.5) is 0 Å². The van der Waals surface area contributed by atoms with E-state index in [1.165, 1.54) is 11.0 Å². The van der Waals surface area contributed by atoms with Gasteiger partial charge in [-0.05, 0) is 52.3 Å². The maximum absolute atomic E-state index is 12.4. The Morgan fingerprint density at radius 1 is 1.00 bits per heavy atom. The van der Waals surface area contributed by atoms with E-state index in [0.29, 0.717) is 31.9 Å². The van der Waals surface area contributed by atoms with Crippen LogP contribution in [-0.4, -0.2) is 122 Å². The number of allylic oxidation sites excluding steroid dienone is 2. The maximum Gasteiger partial charge on any atom is 0.251 e. The largest absolute Gasteiger partial charge is 0.379 e. The van der Waals surface area contributed by atoms with E-state index < -0.39 is 0 Å². The molecule has 0 saturated carbocycles. The molecule has 0 bridgehead atoms. The molecule has 0 aromatic rings. The average Bonchev–Trinajstić information content (AvgIpc) is 3.27. The Labute approximate surface area is 254 Å². The molecule has 0 fully saturated rings. The van der Waals surface area contributed by atoms with Crippen LogP contribution >= 0.6 is 0 Å². The van der Waals surface area contributed by atoms with E-state index in [2.05, 4.69) is 65.8 Å². The van der Waals surface area contributed by atoms with Gasteiger partial charge in [-0.3, -0.25) is 29.1 Å². The standard InChI is InChI=1S/C28H48N6O4.C4H8/c1-7-12-31(19-20-35)15-17-33(18-16-32(13-8-2)22-24(4)36)26(6)25(5)30-21-27(37)29-11-14-34-23(3)9-10-28(34)38;1-3-4-2/h9-10,20,26,30H,3,5,7-8,11-19,21-22H2,1-2,4,6H3,(H,29,37);3H,1,4H2,2H3. The van der Waals surface area contributed by atoms with Crippen molar-refractivity contribution in [1.29, 1.82) is 0 Å². The molecular formula is C32H56N6O4. The summed E-state index contributed by atoms with van der Waals surface area (Å²) in [6.45, 7) is 27.6. The molecule has 238 valence electrons. The second-order valence-corrected chi connectivity index (χ2v) is 10.4. The van der Waals surface area contributed by atoms with Crippen molar-refractivity contribution < 1.29 is 19.2 Å². The Hall–Kier alpha value is -3.08. The molecule has 0 saturated heterocycles. The van der Waals surface area contributed by atoms with Gasteiger partial charge >= 0.3 is 0 Å². The van der Waals surface area contributed by atoms with Crippen LogP contribution in [0.3, 0.4) is 0 Å². The van der Waals surface area contributed by atoms with Gasteiger partial charge in [0.2, 0.25) is 5.91 Å². The number of aldehydes is 1. The van der Waals surface area contributed by atoms with Crippen molar-refractivity contribution in [2.45, 2.75) is 59.9 Å². The summed E-state index contributed by atoms with van der Waals surface area (Å²) in [5.74, 6) is -0.174. The molecular weight excluding hydrogens is 532 g/mol. The van der Waals surface area contributed by atoms with Crippen LogP contribution in [0.1, 0.15) is 53.9 Å². The Bertz CT molecular complexity index is 885. The van der Waals surface area contributed by atoms with Gasteiger partial charge in [0.05, 0.1) is 19.6 Å². The summed E-state index contributed by atoms with van der Waals surface area (Å²) in [5, 5.41) is 5.96. The first-order chi connectivity index (χ1) is 20.0. The van der Waals surface area contributed by atoms with Gasteiger partial charge in [0, 0.05) is 62.8 Å². The molecule has 0 aromatic carbocycles. The molecule has 2 amide bonds. The quantitative estimate of drug-likeness (QED) is 0.139. The summed E-state index contributed by atoms with van der Waals surface area (Å²) in [6, 6.07) is -0.0695. The minimum atomic E-state index is -0.189. The fraction of sp³-hybridized carbons (Fsp3) is 0.625. The normalized spacial score (nSPS) is 13.3. The first-order valence-electron chi connectivity index (χ1n) is 15.1. The third-order valence-corrected chi connectivity index (χ3v) is 6.77.